The highest BCUT2D eigenvalue weighted by Gasteiger charge is 2.02. The Bertz CT molecular complexity index is 284. The van der Waals surface area contributed by atoms with Gasteiger partial charge in [-0.25, -0.2) is 4.98 Å². The third-order valence-electron chi connectivity index (χ3n) is 2.38. The zero-order valence-corrected chi connectivity index (χ0v) is 11.4. The Morgan fingerprint density at radius 2 is 2.25 bits per heavy atom. The minimum absolute atomic E-state index is 0.972. The second kappa shape index (κ2) is 7.76. The molecule has 1 N–H and O–H groups in total. The average molecular weight is 241 g/mol. The molecule has 0 aromatic carbocycles. The molecule has 1 rings (SSSR count). The van der Waals surface area contributed by atoms with Crippen LogP contribution < -0.4 is 5.32 Å². The van der Waals surface area contributed by atoms with Gasteiger partial charge in [-0.15, -0.1) is 11.3 Å². The van der Waals surface area contributed by atoms with E-state index in [-0.39, 0.29) is 0 Å². The number of hydrogen-bond acceptors (Lipinski definition) is 4. The molecule has 0 bridgehead atoms. The number of likely N-dealkylation sites (N-methyl/N-ethyl adjacent to an activating group) is 1. The van der Waals surface area contributed by atoms with Crippen LogP contribution in [-0.2, 0) is 13.0 Å². The lowest BCUT2D eigenvalue weighted by Crippen LogP contribution is -2.14. The van der Waals surface area contributed by atoms with Gasteiger partial charge in [0, 0.05) is 30.6 Å². The highest BCUT2D eigenvalue weighted by molar-refractivity contribution is 7.11. The third kappa shape index (κ3) is 5.58. The van der Waals surface area contributed by atoms with Crippen molar-refractivity contribution in [3.8, 4) is 0 Å². The van der Waals surface area contributed by atoms with E-state index in [0.717, 1.165) is 26.1 Å². The van der Waals surface area contributed by atoms with Crippen LogP contribution in [0.4, 0.5) is 0 Å². The summed E-state index contributed by atoms with van der Waals surface area (Å²) in [4.78, 5) is 7.99. The summed E-state index contributed by atoms with van der Waals surface area (Å²) in [5, 5.41) is 4.69. The van der Waals surface area contributed by atoms with Crippen molar-refractivity contribution < 1.29 is 0 Å². The SMILES string of the molecule is CCCCNCc1cnc(CCN(C)C)s1. The van der Waals surface area contributed by atoms with Gasteiger partial charge in [0.15, 0.2) is 0 Å². The zero-order valence-electron chi connectivity index (χ0n) is 10.6. The molecule has 0 atom stereocenters. The lowest BCUT2D eigenvalue weighted by molar-refractivity contribution is 0.413. The largest absolute Gasteiger partial charge is 0.312 e. The number of aromatic nitrogens is 1. The minimum Gasteiger partial charge on any atom is -0.312 e. The maximum atomic E-state index is 4.44. The predicted octanol–water partition coefficient (Wildman–Crippen LogP) is 2.14. The second-order valence-corrected chi connectivity index (χ2v) is 5.50. The summed E-state index contributed by atoms with van der Waals surface area (Å²) >= 11 is 1.83. The first-order chi connectivity index (χ1) is 7.72. The van der Waals surface area contributed by atoms with Crippen molar-refractivity contribution in [1.29, 1.82) is 0 Å². The van der Waals surface area contributed by atoms with Crippen molar-refractivity contribution in [2.45, 2.75) is 32.7 Å². The Morgan fingerprint density at radius 1 is 1.44 bits per heavy atom. The number of unbranched alkanes of at least 4 members (excludes halogenated alkanes) is 1. The first kappa shape index (κ1) is 13.6. The van der Waals surface area contributed by atoms with Gasteiger partial charge in [0.1, 0.15) is 0 Å². The van der Waals surface area contributed by atoms with E-state index >= 15 is 0 Å². The topological polar surface area (TPSA) is 28.2 Å². The minimum atomic E-state index is 0.972. The lowest BCUT2D eigenvalue weighted by Gasteiger charge is -2.06. The molecule has 0 radical (unpaired) electrons. The van der Waals surface area contributed by atoms with Crippen LogP contribution in [0.15, 0.2) is 6.20 Å². The van der Waals surface area contributed by atoms with Gasteiger partial charge < -0.3 is 10.2 Å². The molecule has 1 heterocycles. The smallest absolute Gasteiger partial charge is 0.0940 e. The van der Waals surface area contributed by atoms with Crippen molar-refractivity contribution in [3.63, 3.8) is 0 Å². The summed E-state index contributed by atoms with van der Waals surface area (Å²) in [7, 11) is 4.20. The van der Waals surface area contributed by atoms with Gasteiger partial charge in [0.25, 0.3) is 0 Å². The van der Waals surface area contributed by atoms with Gasteiger partial charge in [0.2, 0.25) is 0 Å². The zero-order chi connectivity index (χ0) is 11.8. The van der Waals surface area contributed by atoms with Crippen molar-refractivity contribution in [1.82, 2.24) is 15.2 Å². The van der Waals surface area contributed by atoms with Crippen LogP contribution in [0.2, 0.25) is 0 Å². The molecule has 0 amide bonds. The molecule has 0 saturated heterocycles. The van der Waals surface area contributed by atoms with E-state index in [1.165, 1.54) is 22.7 Å². The monoisotopic (exact) mass is 241 g/mol. The molecule has 0 fully saturated rings. The van der Waals surface area contributed by atoms with Gasteiger partial charge in [-0.05, 0) is 27.1 Å². The molecule has 0 aliphatic carbocycles. The number of nitrogens with one attached hydrogen (secondary N) is 1. The van der Waals surface area contributed by atoms with Crippen LogP contribution in [0.1, 0.15) is 29.7 Å². The van der Waals surface area contributed by atoms with Crippen molar-refractivity contribution >= 4 is 11.3 Å². The molecule has 0 aliphatic heterocycles. The van der Waals surface area contributed by atoms with E-state index in [9.17, 15) is 0 Å². The lowest BCUT2D eigenvalue weighted by atomic mass is 10.3. The standard InChI is InChI=1S/C12H23N3S/c1-4-5-7-13-9-11-10-14-12(16-11)6-8-15(2)3/h10,13H,4-9H2,1-3H3. The maximum absolute atomic E-state index is 4.44. The fraction of sp³-hybridized carbons (Fsp3) is 0.750. The fourth-order valence-electron chi connectivity index (χ4n) is 1.38. The molecular weight excluding hydrogens is 218 g/mol. The molecule has 0 unspecified atom stereocenters. The summed E-state index contributed by atoms with van der Waals surface area (Å²) < 4.78 is 0. The van der Waals surface area contributed by atoms with E-state index < -0.39 is 0 Å². The summed E-state index contributed by atoms with van der Waals surface area (Å²) in [5.41, 5.74) is 0. The molecule has 4 heteroatoms. The molecule has 3 nitrogen and oxygen atoms in total. The van der Waals surface area contributed by atoms with Gasteiger partial charge in [0.05, 0.1) is 5.01 Å². The van der Waals surface area contributed by atoms with E-state index in [0.29, 0.717) is 0 Å². The van der Waals surface area contributed by atoms with Crippen LogP contribution in [-0.4, -0.2) is 37.1 Å². The Morgan fingerprint density at radius 3 is 2.94 bits per heavy atom. The maximum Gasteiger partial charge on any atom is 0.0940 e. The van der Waals surface area contributed by atoms with Crippen LogP contribution in [0.5, 0.6) is 0 Å². The first-order valence-electron chi connectivity index (χ1n) is 6.01. The molecule has 92 valence electrons. The third-order valence-corrected chi connectivity index (χ3v) is 3.44. The first-order valence-corrected chi connectivity index (χ1v) is 6.83. The Labute approximate surface area is 103 Å². The van der Waals surface area contributed by atoms with Gasteiger partial charge in [-0.3, -0.25) is 0 Å². The van der Waals surface area contributed by atoms with Gasteiger partial charge in [-0.2, -0.15) is 0 Å². The molecule has 1 aromatic rings. The summed E-state index contributed by atoms with van der Waals surface area (Å²) in [6.45, 7) is 5.38. The molecule has 1 aromatic heterocycles. The highest BCUT2D eigenvalue weighted by Crippen LogP contribution is 2.13. The Balaban J connectivity index is 2.22. The summed E-state index contributed by atoms with van der Waals surface area (Å²) in [5.74, 6) is 0. The van der Waals surface area contributed by atoms with E-state index in [2.05, 4.69) is 36.2 Å². The Hall–Kier alpha value is -0.450. The van der Waals surface area contributed by atoms with Crippen molar-refractivity contribution in [2.24, 2.45) is 0 Å². The normalized spacial score (nSPS) is 11.2. The van der Waals surface area contributed by atoms with Crippen LogP contribution in [0.3, 0.4) is 0 Å². The van der Waals surface area contributed by atoms with Gasteiger partial charge >= 0.3 is 0 Å². The fourth-order valence-corrected chi connectivity index (χ4v) is 2.26. The van der Waals surface area contributed by atoms with Crippen molar-refractivity contribution in [2.75, 3.05) is 27.2 Å². The van der Waals surface area contributed by atoms with E-state index in [1.54, 1.807) is 0 Å². The average Bonchev–Trinajstić information content (AvgIpc) is 2.70. The van der Waals surface area contributed by atoms with E-state index in [1.807, 2.05) is 17.5 Å². The molecule has 0 spiro atoms. The van der Waals surface area contributed by atoms with Crippen molar-refractivity contribution in [3.05, 3.63) is 16.1 Å². The molecule has 0 aliphatic rings. The summed E-state index contributed by atoms with van der Waals surface area (Å²) in [6, 6.07) is 0. The number of thiazole rings is 1. The number of rotatable bonds is 8. The quantitative estimate of drug-likeness (QED) is 0.707. The predicted molar refractivity (Wildman–Crippen MR) is 71.0 cm³/mol. The van der Waals surface area contributed by atoms with Crippen LogP contribution >= 0.6 is 11.3 Å². The number of hydrogen-bond donors (Lipinski definition) is 1. The Kier molecular flexibility index (Phi) is 6.61. The highest BCUT2D eigenvalue weighted by atomic mass is 32.1. The molecule has 0 saturated carbocycles. The molecule has 16 heavy (non-hydrogen) atoms. The van der Waals surface area contributed by atoms with Gasteiger partial charge in [-0.1, -0.05) is 13.3 Å². The second-order valence-electron chi connectivity index (χ2n) is 4.30. The van der Waals surface area contributed by atoms with Crippen LogP contribution in [0, 0.1) is 0 Å². The summed E-state index contributed by atoms with van der Waals surface area (Å²) in [6.07, 6.45) is 5.58. The molecular formula is C12H23N3S. The van der Waals surface area contributed by atoms with E-state index in [4.69, 9.17) is 0 Å². The number of nitrogens with zero attached hydrogens (tertiary/aromatic N) is 2. The van der Waals surface area contributed by atoms with Crippen LogP contribution in [0.25, 0.3) is 0 Å².